The van der Waals surface area contributed by atoms with Crippen molar-refractivity contribution in [2.24, 2.45) is 0 Å². The highest BCUT2D eigenvalue weighted by atomic mass is 16.5. The quantitative estimate of drug-likeness (QED) is 0.870. The Bertz CT molecular complexity index is 492. The minimum atomic E-state index is -0.936. The molecule has 1 aromatic carbocycles. The van der Waals surface area contributed by atoms with E-state index >= 15 is 0 Å². The van der Waals surface area contributed by atoms with Crippen LogP contribution in [0.3, 0.4) is 0 Å². The van der Waals surface area contributed by atoms with Gasteiger partial charge in [-0.25, -0.2) is 4.79 Å². The molecule has 21 heavy (non-hydrogen) atoms. The predicted octanol–water partition coefficient (Wildman–Crippen LogP) is 1.95. The number of likely N-dealkylation sites (N-methyl/N-ethyl adjacent to an activating group) is 1. The number of amides is 1. The van der Waals surface area contributed by atoms with Gasteiger partial charge < -0.3 is 14.7 Å². The maximum Gasteiger partial charge on any atom is 0.335 e. The Hall–Kier alpha value is -1.88. The molecule has 1 fully saturated rings. The standard InChI is InChI=1S/C16H21NO4/c1-17(11-14-3-2-10-21-14)15(18)9-6-12-4-7-13(8-5-12)16(19)20/h4-5,7-8,14H,2-3,6,9-11H2,1H3,(H,19,20)/t14-/m1/s1. The second-order valence-electron chi connectivity index (χ2n) is 5.41. The molecule has 0 bridgehead atoms. The largest absolute Gasteiger partial charge is 0.478 e. The zero-order chi connectivity index (χ0) is 15.2. The summed E-state index contributed by atoms with van der Waals surface area (Å²) in [6.07, 6.45) is 3.31. The molecule has 2 rings (SSSR count). The molecule has 1 amide bonds. The molecule has 5 heteroatoms. The molecular weight excluding hydrogens is 270 g/mol. The van der Waals surface area contributed by atoms with Gasteiger partial charge in [-0.3, -0.25) is 4.79 Å². The number of carboxylic acid groups (broad SMARTS) is 1. The fourth-order valence-electron chi connectivity index (χ4n) is 2.45. The van der Waals surface area contributed by atoms with Crippen LogP contribution in [0.2, 0.25) is 0 Å². The summed E-state index contributed by atoms with van der Waals surface area (Å²) in [5, 5.41) is 8.83. The maximum absolute atomic E-state index is 12.1. The fraction of sp³-hybridized carbons (Fsp3) is 0.500. The van der Waals surface area contributed by atoms with Crippen LogP contribution < -0.4 is 0 Å². The molecule has 1 saturated heterocycles. The lowest BCUT2D eigenvalue weighted by atomic mass is 10.1. The number of aromatic carboxylic acids is 1. The highest BCUT2D eigenvalue weighted by Crippen LogP contribution is 2.14. The Morgan fingerprint density at radius 3 is 2.62 bits per heavy atom. The van der Waals surface area contributed by atoms with Gasteiger partial charge in [0.15, 0.2) is 0 Å². The number of hydrogen-bond acceptors (Lipinski definition) is 3. The first-order valence-electron chi connectivity index (χ1n) is 7.24. The summed E-state index contributed by atoms with van der Waals surface area (Å²) >= 11 is 0. The van der Waals surface area contributed by atoms with Crippen LogP contribution in [-0.2, 0) is 16.0 Å². The van der Waals surface area contributed by atoms with Gasteiger partial charge in [0.25, 0.3) is 0 Å². The molecule has 114 valence electrons. The molecule has 0 radical (unpaired) electrons. The lowest BCUT2D eigenvalue weighted by Crippen LogP contribution is -2.34. The third kappa shape index (κ3) is 4.56. The highest BCUT2D eigenvalue weighted by Gasteiger charge is 2.19. The second-order valence-corrected chi connectivity index (χ2v) is 5.41. The van der Waals surface area contributed by atoms with Gasteiger partial charge in [0.05, 0.1) is 11.7 Å². The van der Waals surface area contributed by atoms with Crippen LogP contribution in [-0.4, -0.2) is 48.2 Å². The van der Waals surface area contributed by atoms with Crippen molar-refractivity contribution in [2.45, 2.75) is 31.8 Å². The number of nitrogens with zero attached hydrogens (tertiary/aromatic N) is 1. The summed E-state index contributed by atoms with van der Waals surface area (Å²) in [6.45, 7) is 1.44. The number of aryl methyl sites for hydroxylation is 1. The number of carbonyl (C=O) groups is 2. The number of rotatable bonds is 6. The topological polar surface area (TPSA) is 66.8 Å². The van der Waals surface area contributed by atoms with E-state index in [1.54, 1.807) is 36.2 Å². The van der Waals surface area contributed by atoms with E-state index in [1.807, 2.05) is 0 Å². The van der Waals surface area contributed by atoms with Gasteiger partial charge in [0.2, 0.25) is 5.91 Å². The summed E-state index contributed by atoms with van der Waals surface area (Å²) in [5.41, 5.74) is 1.24. The first-order valence-corrected chi connectivity index (χ1v) is 7.24. The summed E-state index contributed by atoms with van der Waals surface area (Å²) in [7, 11) is 1.80. The van der Waals surface area contributed by atoms with Gasteiger partial charge >= 0.3 is 5.97 Å². The van der Waals surface area contributed by atoms with Crippen molar-refractivity contribution in [3.05, 3.63) is 35.4 Å². The van der Waals surface area contributed by atoms with Crippen molar-refractivity contribution < 1.29 is 19.4 Å². The Morgan fingerprint density at radius 1 is 1.33 bits per heavy atom. The summed E-state index contributed by atoms with van der Waals surface area (Å²) in [5.74, 6) is -0.846. The molecule has 1 aromatic rings. The summed E-state index contributed by atoms with van der Waals surface area (Å²) in [4.78, 5) is 24.5. The van der Waals surface area contributed by atoms with Crippen LogP contribution >= 0.6 is 0 Å². The van der Waals surface area contributed by atoms with E-state index in [0.29, 0.717) is 19.4 Å². The second kappa shape index (κ2) is 7.22. The zero-order valence-electron chi connectivity index (χ0n) is 12.2. The maximum atomic E-state index is 12.1. The van der Waals surface area contributed by atoms with Crippen molar-refractivity contribution in [3.8, 4) is 0 Å². The number of carboxylic acids is 1. The fourth-order valence-corrected chi connectivity index (χ4v) is 2.45. The third-order valence-corrected chi connectivity index (χ3v) is 3.76. The SMILES string of the molecule is CN(C[C@H]1CCCO1)C(=O)CCc1ccc(C(=O)O)cc1. The Kier molecular flexibility index (Phi) is 5.33. The highest BCUT2D eigenvalue weighted by molar-refractivity contribution is 5.87. The average Bonchev–Trinajstić information content (AvgIpc) is 2.98. The third-order valence-electron chi connectivity index (χ3n) is 3.76. The zero-order valence-corrected chi connectivity index (χ0v) is 12.2. The molecule has 1 atom stereocenters. The van der Waals surface area contributed by atoms with Crippen LogP contribution in [0.5, 0.6) is 0 Å². The van der Waals surface area contributed by atoms with E-state index in [-0.39, 0.29) is 17.6 Å². The number of ether oxygens (including phenoxy) is 1. The number of benzene rings is 1. The van der Waals surface area contributed by atoms with Gasteiger partial charge in [0.1, 0.15) is 0 Å². The monoisotopic (exact) mass is 291 g/mol. The molecule has 0 saturated carbocycles. The van der Waals surface area contributed by atoms with Gasteiger partial charge in [0, 0.05) is 26.6 Å². The first-order chi connectivity index (χ1) is 10.1. The molecule has 5 nitrogen and oxygen atoms in total. The smallest absolute Gasteiger partial charge is 0.335 e. The van der Waals surface area contributed by atoms with Gasteiger partial charge in [-0.05, 0) is 37.0 Å². The molecule has 0 unspecified atom stereocenters. The Labute approximate surface area is 124 Å². The van der Waals surface area contributed by atoms with Crippen LogP contribution in [0.4, 0.5) is 0 Å². The van der Waals surface area contributed by atoms with E-state index in [4.69, 9.17) is 9.84 Å². The molecule has 1 N–H and O–H groups in total. The van der Waals surface area contributed by atoms with Crippen molar-refractivity contribution in [1.29, 1.82) is 0 Å². The van der Waals surface area contributed by atoms with Crippen LogP contribution in [0.15, 0.2) is 24.3 Å². The molecule has 1 aliphatic heterocycles. The summed E-state index contributed by atoms with van der Waals surface area (Å²) in [6, 6.07) is 6.66. The lowest BCUT2D eigenvalue weighted by Gasteiger charge is -2.20. The van der Waals surface area contributed by atoms with Gasteiger partial charge in [-0.1, -0.05) is 12.1 Å². The van der Waals surface area contributed by atoms with Crippen LogP contribution in [0.25, 0.3) is 0 Å². The molecular formula is C16H21NO4. The van der Waals surface area contributed by atoms with Gasteiger partial charge in [-0.15, -0.1) is 0 Å². The predicted molar refractivity (Wildman–Crippen MR) is 78.3 cm³/mol. The average molecular weight is 291 g/mol. The van der Waals surface area contributed by atoms with Crippen molar-refractivity contribution >= 4 is 11.9 Å². The molecule has 0 aromatic heterocycles. The van der Waals surface area contributed by atoms with E-state index in [9.17, 15) is 9.59 Å². The van der Waals surface area contributed by atoms with Crippen molar-refractivity contribution in [3.63, 3.8) is 0 Å². The van der Waals surface area contributed by atoms with Crippen molar-refractivity contribution in [2.75, 3.05) is 20.2 Å². The first kappa shape index (κ1) is 15.5. The summed E-state index contributed by atoms with van der Waals surface area (Å²) < 4.78 is 5.52. The molecule has 1 aliphatic rings. The molecule has 0 aliphatic carbocycles. The number of hydrogen-bond donors (Lipinski definition) is 1. The minimum absolute atomic E-state index is 0.0906. The van der Waals surface area contributed by atoms with Crippen LogP contribution in [0.1, 0.15) is 35.2 Å². The minimum Gasteiger partial charge on any atom is -0.478 e. The van der Waals surface area contributed by atoms with E-state index in [2.05, 4.69) is 0 Å². The Balaban J connectivity index is 1.78. The van der Waals surface area contributed by atoms with E-state index in [1.165, 1.54) is 0 Å². The lowest BCUT2D eigenvalue weighted by molar-refractivity contribution is -0.131. The van der Waals surface area contributed by atoms with Crippen LogP contribution in [0, 0.1) is 0 Å². The van der Waals surface area contributed by atoms with Crippen molar-refractivity contribution in [1.82, 2.24) is 4.90 Å². The molecule has 0 spiro atoms. The van der Waals surface area contributed by atoms with Gasteiger partial charge in [-0.2, -0.15) is 0 Å². The molecule has 1 heterocycles. The number of carbonyl (C=O) groups excluding carboxylic acids is 1. The van der Waals surface area contributed by atoms with E-state index in [0.717, 1.165) is 25.0 Å². The van der Waals surface area contributed by atoms with E-state index < -0.39 is 5.97 Å². The Morgan fingerprint density at radius 2 is 2.05 bits per heavy atom. The normalized spacial score (nSPS) is 17.7.